The molecule has 1 aromatic rings. The van der Waals surface area contributed by atoms with Gasteiger partial charge in [0, 0.05) is 10.2 Å². The number of nitrogens with two attached hydrogens (primary N) is 1. The fraction of sp³-hybridized carbons (Fsp3) is 0.417. The van der Waals surface area contributed by atoms with Crippen LogP contribution in [-0.2, 0) is 0 Å². The molecule has 5 heteroatoms. The molecule has 1 unspecified atom stereocenters. The lowest BCUT2D eigenvalue weighted by Gasteiger charge is -2.26. The highest BCUT2D eigenvalue weighted by molar-refractivity contribution is 9.10. The molecule has 2 N–H and O–H groups in total. The van der Waals surface area contributed by atoms with Crippen molar-refractivity contribution < 1.29 is 0 Å². The molecule has 0 bridgehead atoms. The van der Waals surface area contributed by atoms with E-state index in [0.717, 1.165) is 28.9 Å². The number of thioether (sulfide) groups is 1. The summed E-state index contributed by atoms with van der Waals surface area (Å²) in [5.41, 5.74) is 7.09. The Bertz CT molecular complexity index is 422. The first-order chi connectivity index (χ1) is 8.22. The van der Waals surface area contributed by atoms with E-state index in [0.29, 0.717) is 12.0 Å². The zero-order valence-electron chi connectivity index (χ0n) is 9.77. The minimum atomic E-state index is 0.400. The van der Waals surface area contributed by atoms with Crippen LogP contribution in [0.25, 0.3) is 0 Å². The number of hydrogen-bond donors (Lipinski definition) is 1. The van der Waals surface area contributed by atoms with Gasteiger partial charge in [0.05, 0.1) is 12.6 Å². The first-order valence-electron chi connectivity index (χ1n) is 5.56. The molecule has 0 fully saturated rings. The second-order valence-corrected chi connectivity index (χ2v) is 5.89. The quantitative estimate of drug-likeness (QED) is 0.929. The molecule has 0 aliphatic carbocycles. The van der Waals surface area contributed by atoms with Crippen LogP contribution in [0.4, 0.5) is 5.69 Å². The van der Waals surface area contributed by atoms with Crippen molar-refractivity contribution in [1.82, 2.24) is 0 Å². The summed E-state index contributed by atoms with van der Waals surface area (Å²) in [6.07, 6.45) is 3.24. The largest absolute Gasteiger partial charge is 0.370 e. The third kappa shape index (κ3) is 2.96. The Morgan fingerprint density at radius 3 is 3.12 bits per heavy atom. The molecule has 0 radical (unpaired) electrons. The lowest BCUT2D eigenvalue weighted by molar-refractivity contribution is 0.690. The average molecular weight is 314 g/mol. The van der Waals surface area contributed by atoms with Crippen LogP contribution in [-0.4, -0.2) is 30.6 Å². The van der Waals surface area contributed by atoms with Gasteiger partial charge in [-0.3, -0.25) is 4.99 Å². The van der Waals surface area contributed by atoms with Crippen molar-refractivity contribution in [3.63, 3.8) is 0 Å². The minimum absolute atomic E-state index is 0.400. The van der Waals surface area contributed by atoms with E-state index in [1.807, 2.05) is 23.9 Å². The Morgan fingerprint density at radius 2 is 2.41 bits per heavy atom. The van der Waals surface area contributed by atoms with E-state index in [-0.39, 0.29) is 0 Å². The molecule has 1 aromatic carbocycles. The first-order valence-corrected chi connectivity index (χ1v) is 7.74. The summed E-state index contributed by atoms with van der Waals surface area (Å²) < 4.78 is 1.07. The van der Waals surface area contributed by atoms with Gasteiger partial charge in [0.25, 0.3) is 0 Å². The van der Waals surface area contributed by atoms with E-state index in [9.17, 15) is 0 Å². The van der Waals surface area contributed by atoms with Crippen LogP contribution in [0.1, 0.15) is 6.42 Å². The van der Waals surface area contributed by atoms with Gasteiger partial charge in [-0.1, -0.05) is 22.0 Å². The van der Waals surface area contributed by atoms with Gasteiger partial charge in [-0.15, -0.1) is 0 Å². The smallest absolute Gasteiger partial charge is 0.196 e. The van der Waals surface area contributed by atoms with E-state index < -0.39 is 0 Å². The number of nitrogens with zero attached hydrogens (tertiary/aromatic N) is 2. The summed E-state index contributed by atoms with van der Waals surface area (Å²) >= 11 is 5.35. The number of guanidine groups is 1. The summed E-state index contributed by atoms with van der Waals surface area (Å²) in [4.78, 5) is 6.49. The molecule has 1 heterocycles. The Kier molecular flexibility index (Phi) is 4.34. The van der Waals surface area contributed by atoms with Gasteiger partial charge in [-0.05, 0) is 36.6 Å². The number of aliphatic imine (C=N–C) groups is 1. The van der Waals surface area contributed by atoms with Crippen molar-refractivity contribution in [3.8, 4) is 0 Å². The summed E-state index contributed by atoms with van der Waals surface area (Å²) in [6, 6.07) is 8.60. The Labute approximate surface area is 115 Å². The zero-order chi connectivity index (χ0) is 12.3. The SMILES string of the molecule is CSCCC1CN=C(N)N1c1cccc(Br)c1. The average Bonchev–Trinajstić information content (AvgIpc) is 2.68. The lowest BCUT2D eigenvalue weighted by atomic mass is 10.2. The maximum atomic E-state index is 5.98. The Morgan fingerprint density at radius 1 is 1.59 bits per heavy atom. The summed E-state index contributed by atoms with van der Waals surface area (Å²) in [7, 11) is 0. The van der Waals surface area contributed by atoms with E-state index in [1.54, 1.807) is 0 Å². The van der Waals surface area contributed by atoms with Gasteiger partial charge in [0.15, 0.2) is 5.96 Å². The zero-order valence-corrected chi connectivity index (χ0v) is 12.2. The van der Waals surface area contributed by atoms with E-state index in [2.05, 4.69) is 44.2 Å². The Balaban J connectivity index is 2.18. The van der Waals surface area contributed by atoms with Gasteiger partial charge in [0.1, 0.15) is 0 Å². The standard InChI is InChI=1S/C12H16BrN3S/c1-17-6-5-11-8-15-12(14)16(11)10-4-2-3-9(13)7-10/h2-4,7,11H,5-6,8H2,1H3,(H2,14,15). The van der Waals surface area contributed by atoms with Crippen molar-refractivity contribution >= 4 is 39.3 Å². The number of benzene rings is 1. The number of halogens is 1. The van der Waals surface area contributed by atoms with E-state index in [4.69, 9.17) is 5.73 Å². The van der Waals surface area contributed by atoms with Gasteiger partial charge in [-0.25, -0.2) is 0 Å². The van der Waals surface area contributed by atoms with Gasteiger partial charge in [0.2, 0.25) is 0 Å². The molecule has 0 saturated heterocycles. The fourth-order valence-corrected chi connectivity index (χ4v) is 2.88. The number of rotatable bonds is 4. The molecule has 1 aliphatic rings. The van der Waals surface area contributed by atoms with Crippen LogP contribution in [0.2, 0.25) is 0 Å². The van der Waals surface area contributed by atoms with Crippen LogP contribution >= 0.6 is 27.7 Å². The molecular formula is C12H16BrN3S. The highest BCUT2D eigenvalue weighted by Crippen LogP contribution is 2.25. The van der Waals surface area contributed by atoms with E-state index >= 15 is 0 Å². The van der Waals surface area contributed by atoms with Crippen LogP contribution < -0.4 is 10.6 Å². The topological polar surface area (TPSA) is 41.6 Å². The molecule has 92 valence electrons. The van der Waals surface area contributed by atoms with Crippen molar-refractivity contribution in [2.75, 3.05) is 23.5 Å². The third-order valence-corrected chi connectivity index (χ3v) is 3.95. The second kappa shape index (κ2) is 5.78. The highest BCUT2D eigenvalue weighted by Gasteiger charge is 2.26. The van der Waals surface area contributed by atoms with Crippen LogP contribution in [0, 0.1) is 0 Å². The van der Waals surface area contributed by atoms with Gasteiger partial charge in [-0.2, -0.15) is 11.8 Å². The van der Waals surface area contributed by atoms with Gasteiger partial charge >= 0.3 is 0 Å². The third-order valence-electron chi connectivity index (χ3n) is 2.82. The van der Waals surface area contributed by atoms with Crippen LogP contribution in [0.5, 0.6) is 0 Å². The van der Waals surface area contributed by atoms with Crippen molar-refractivity contribution in [1.29, 1.82) is 0 Å². The first kappa shape index (κ1) is 12.8. The molecule has 1 aliphatic heterocycles. The minimum Gasteiger partial charge on any atom is -0.370 e. The predicted octanol–water partition coefficient (Wildman–Crippen LogP) is 2.71. The number of anilines is 1. The molecular weight excluding hydrogens is 298 g/mol. The molecule has 2 rings (SSSR count). The summed E-state index contributed by atoms with van der Waals surface area (Å²) in [5.74, 6) is 1.77. The van der Waals surface area contributed by atoms with Crippen molar-refractivity contribution in [3.05, 3.63) is 28.7 Å². The molecule has 0 amide bonds. The lowest BCUT2D eigenvalue weighted by Crippen LogP contribution is -2.41. The van der Waals surface area contributed by atoms with Crippen molar-refractivity contribution in [2.45, 2.75) is 12.5 Å². The predicted molar refractivity (Wildman–Crippen MR) is 79.9 cm³/mol. The highest BCUT2D eigenvalue weighted by atomic mass is 79.9. The molecule has 3 nitrogen and oxygen atoms in total. The maximum absolute atomic E-state index is 5.98. The van der Waals surface area contributed by atoms with Gasteiger partial charge < -0.3 is 10.6 Å². The summed E-state index contributed by atoms with van der Waals surface area (Å²) in [6.45, 7) is 0.804. The Hall–Kier alpha value is -0.680. The van der Waals surface area contributed by atoms with Crippen LogP contribution in [0.3, 0.4) is 0 Å². The number of hydrogen-bond acceptors (Lipinski definition) is 4. The fourth-order valence-electron chi connectivity index (χ4n) is 1.99. The molecule has 0 aromatic heterocycles. The van der Waals surface area contributed by atoms with Crippen molar-refractivity contribution in [2.24, 2.45) is 10.7 Å². The molecule has 17 heavy (non-hydrogen) atoms. The molecule has 0 saturated carbocycles. The normalized spacial score (nSPS) is 19.5. The second-order valence-electron chi connectivity index (χ2n) is 3.98. The monoisotopic (exact) mass is 313 g/mol. The molecule has 1 atom stereocenters. The van der Waals surface area contributed by atoms with E-state index in [1.165, 1.54) is 0 Å². The molecule has 0 spiro atoms. The van der Waals surface area contributed by atoms with Crippen LogP contribution in [0.15, 0.2) is 33.7 Å². The maximum Gasteiger partial charge on any atom is 0.196 e. The summed E-state index contributed by atoms with van der Waals surface area (Å²) in [5, 5.41) is 0.